The first-order valence-electron chi connectivity index (χ1n) is 10.7. The van der Waals surface area contributed by atoms with Crippen molar-refractivity contribution in [3.8, 4) is 0 Å². The number of hydrogen-bond donors (Lipinski definition) is 1. The summed E-state index contributed by atoms with van der Waals surface area (Å²) in [7, 11) is 0. The third-order valence-corrected chi connectivity index (χ3v) is 5.71. The fraction of sp³-hybridized carbons (Fsp3) is 0.435. The quantitative estimate of drug-likeness (QED) is 0.680. The number of rotatable bonds is 6. The average molecular weight is 405 g/mol. The number of carbonyl (C=O) groups excluding carboxylic acids is 1. The molecule has 1 unspecified atom stereocenters. The van der Waals surface area contributed by atoms with Gasteiger partial charge in [0.1, 0.15) is 5.52 Å². The van der Waals surface area contributed by atoms with Crippen LogP contribution in [0.4, 0.5) is 5.69 Å². The molecule has 7 heteroatoms. The van der Waals surface area contributed by atoms with Gasteiger partial charge >= 0.3 is 0 Å². The summed E-state index contributed by atoms with van der Waals surface area (Å²) in [5.41, 5.74) is 5.64. The van der Waals surface area contributed by atoms with Crippen LogP contribution in [0.3, 0.4) is 0 Å². The van der Waals surface area contributed by atoms with Gasteiger partial charge in [-0.25, -0.2) is 15.0 Å². The molecule has 1 atom stereocenters. The molecule has 3 aromatic rings. The van der Waals surface area contributed by atoms with Gasteiger partial charge in [0.2, 0.25) is 5.91 Å². The lowest BCUT2D eigenvalue weighted by Gasteiger charge is -2.33. The van der Waals surface area contributed by atoms with Crippen molar-refractivity contribution in [3.05, 3.63) is 53.7 Å². The van der Waals surface area contributed by atoms with Crippen molar-refractivity contribution in [2.24, 2.45) is 5.92 Å². The van der Waals surface area contributed by atoms with E-state index < -0.39 is 0 Å². The Hall–Kier alpha value is -3.09. The Labute approximate surface area is 177 Å². The summed E-state index contributed by atoms with van der Waals surface area (Å²) in [5.74, 6) is 0.0712. The summed E-state index contributed by atoms with van der Waals surface area (Å²) in [5, 5.41) is 3.07. The lowest BCUT2D eigenvalue weighted by molar-refractivity contribution is -0.125. The molecular formula is C23H28N6O. The highest BCUT2D eigenvalue weighted by Crippen LogP contribution is 2.25. The second kappa shape index (κ2) is 9.15. The zero-order valence-electron chi connectivity index (χ0n) is 17.6. The van der Waals surface area contributed by atoms with Gasteiger partial charge in [-0.05, 0) is 49.4 Å². The van der Waals surface area contributed by atoms with Gasteiger partial charge in [-0.2, -0.15) is 0 Å². The van der Waals surface area contributed by atoms with E-state index in [0.29, 0.717) is 18.7 Å². The number of amides is 1. The van der Waals surface area contributed by atoms with Gasteiger partial charge in [-0.1, -0.05) is 13.8 Å². The summed E-state index contributed by atoms with van der Waals surface area (Å²) >= 11 is 0. The number of aromatic nitrogens is 4. The van der Waals surface area contributed by atoms with Crippen LogP contribution in [0.25, 0.3) is 11.2 Å². The molecule has 0 bridgehead atoms. The molecule has 0 aromatic carbocycles. The predicted octanol–water partition coefficient (Wildman–Crippen LogP) is 3.08. The molecule has 1 N–H and O–H groups in total. The van der Waals surface area contributed by atoms with E-state index in [4.69, 9.17) is 4.98 Å². The van der Waals surface area contributed by atoms with Crippen LogP contribution in [0.1, 0.15) is 43.6 Å². The van der Waals surface area contributed by atoms with Crippen molar-refractivity contribution in [2.45, 2.75) is 46.1 Å². The van der Waals surface area contributed by atoms with Crippen molar-refractivity contribution in [2.75, 3.05) is 18.0 Å². The van der Waals surface area contributed by atoms with Gasteiger partial charge in [-0.15, -0.1) is 0 Å². The van der Waals surface area contributed by atoms with Crippen molar-refractivity contribution in [3.63, 3.8) is 0 Å². The Morgan fingerprint density at radius 1 is 1.17 bits per heavy atom. The van der Waals surface area contributed by atoms with Crippen LogP contribution >= 0.6 is 0 Å². The third-order valence-electron chi connectivity index (χ3n) is 5.71. The normalized spacial score (nSPS) is 16.6. The van der Waals surface area contributed by atoms with Crippen molar-refractivity contribution < 1.29 is 4.79 Å². The van der Waals surface area contributed by atoms with E-state index in [1.54, 1.807) is 12.4 Å². The van der Waals surface area contributed by atoms with Crippen LogP contribution in [0.5, 0.6) is 0 Å². The topological polar surface area (TPSA) is 83.9 Å². The Balaban J connectivity index is 1.47. The lowest BCUT2D eigenvalue weighted by atomic mass is 9.96. The Morgan fingerprint density at radius 2 is 1.93 bits per heavy atom. The van der Waals surface area contributed by atoms with Crippen molar-refractivity contribution in [1.82, 2.24) is 25.3 Å². The molecule has 3 aromatic heterocycles. The smallest absolute Gasteiger partial charge is 0.225 e. The number of nitrogens with zero attached hydrogens (tertiary/aromatic N) is 5. The maximum absolute atomic E-state index is 12.7. The molecule has 0 aliphatic carbocycles. The summed E-state index contributed by atoms with van der Waals surface area (Å²) in [6.07, 6.45) is 8.95. The summed E-state index contributed by atoms with van der Waals surface area (Å²) in [6, 6.07) is 5.90. The van der Waals surface area contributed by atoms with Crippen LogP contribution in [0.2, 0.25) is 0 Å². The number of pyridine rings is 2. The first kappa shape index (κ1) is 20.2. The molecule has 0 spiro atoms. The molecule has 0 saturated carbocycles. The number of nitrogens with one attached hydrogen (secondary N) is 1. The van der Waals surface area contributed by atoms with Crippen LogP contribution in [-0.2, 0) is 24.2 Å². The van der Waals surface area contributed by atoms with Gasteiger partial charge in [-0.3, -0.25) is 9.78 Å². The number of aryl methyl sites for hydroxylation is 2. The Morgan fingerprint density at radius 3 is 2.70 bits per heavy atom. The molecule has 1 aliphatic heterocycles. The number of fused-ring (bicyclic) bond motifs is 1. The number of hydrogen-bond acceptors (Lipinski definition) is 6. The first-order chi connectivity index (χ1) is 14.7. The molecular weight excluding hydrogens is 376 g/mol. The molecule has 4 rings (SSSR count). The maximum Gasteiger partial charge on any atom is 0.225 e. The number of carbonyl (C=O) groups is 1. The fourth-order valence-corrected chi connectivity index (χ4v) is 4.00. The molecule has 7 nitrogen and oxygen atoms in total. The molecule has 4 heterocycles. The molecule has 1 aliphatic rings. The molecule has 1 saturated heterocycles. The monoisotopic (exact) mass is 404 g/mol. The maximum atomic E-state index is 12.7. The molecule has 156 valence electrons. The third kappa shape index (κ3) is 4.40. The van der Waals surface area contributed by atoms with Crippen LogP contribution in [0, 0.1) is 5.92 Å². The van der Waals surface area contributed by atoms with Crippen LogP contribution in [-0.4, -0.2) is 38.9 Å². The van der Waals surface area contributed by atoms with Gasteiger partial charge in [0.05, 0.1) is 29.2 Å². The van der Waals surface area contributed by atoms with E-state index in [-0.39, 0.29) is 11.8 Å². The minimum absolute atomic E-state index is 0.0314. The molecule has 1 amide bonds. The molecule has 1 fully saturated rings. The first-order valence-corrected chi connectivity index (χ1v) is 10.7. The van der Waals surface area contributed by atoms with E-state index >= 15 is 0 Å². The predicted molar refractivity (Wildman–Crippen MR) is 117 cm³/mol. The summed E-state index contributed by atoms with van der Waals surface area (Å²) in [6.45, 7) is 6.34. The van der Waals surface area contributed by atoms with Gasteiger partial charge in [0.15, 0.2) is 5.65 Å². The largest absolute Gasteiger partial charge is 0.369 e. The second-order valence-electron chi connectivity index (χ2n) is 7.72. The Bertz CT molecular complexity index is 1020. The number of anilines is 1. The Kier molecular flexibility index (Phi) is 6.16. The summed E-state index contributed by atoms with van der Waals surface area (Å²) < 4.78 is 0. The highest BCUT2D eigenvalue weighted by molar-refractivity contribution is 5.80. The zero-order valence-corrected chi connectivity index (χ0v) is 17.6. The highest BCUT2D eigenvalue weighted by atomic mass is 16.1. The fourth-order valence-electron chi connectivity index (χ4n) is 4.00. The number of piperidine rings is 1. The van der Waals surface area contributed by atoms with Gasteiger partial charge in [0.25, 0.3) is 0 Å². The van der Waals surface area contributed by atoms with E-state index in [1.807, 2.05) is 18.3 Å². The van der Waals surface area contributed by atoms with Crippen molar-refractivity contribution in [1.29, 1.82) is 0 Å². The van der Waals surface area contributed by atoms with Crippen molar-refractivity contribution >= 4 is 22.8 Å². The van der Waals surface area contributed by atoms with E-state index in [1.165, 1.54) is 0 Å². The van der Waals surface area contributed by atoms with Gasteiger partial charge in [0, 0.05) is 32.0 Å². The van der Waals surface area contributed by atoms with Crippen LogP contribution < -0.4 is 10.2 Å². The van der Waals surface area contributed by atoms with E-state index in [9.17, 15) is 4.79 Å². The SMILES string of the molecule is CCc1nc2cc(N3CCCC(C(=O)NCc4ccncc4)C3)cnc2nc1CC. The van der Waals surface area contributed by atoms with Gasteiger partial charge < -0.3 is 10.2 Å². The zero-order chi connectivity index (χ0) is 20.9. The highest BCUT2D eigenvalue weighted by Gasteiger charge is 2.26. The average Bonchev–Trinajstić information content (AvgIpc) is 2.82. The standard InChI is InChI=1S/C23H28N6O/c1-3-19-20(4-2)28-22-21(27-19)12-18(14-25-22)29-11-5-6-17(15-29)23(30)26-13-16-7-9-24-10-8-16/h7-10,12,14,17H,3-6,11,13,15H2,1-2H3,(H,26,30). The van der Waals surface area contributed by atoms with E-state index in [2.05, 4.69) is 45.1 Å². The lowest BCUT2D eigenvalue weighted by Crippen LogP contribution is -2.43. The molecule has 0 radical (unpaired) electrons. The minimum atomic E-state index is -0.0314. The second-order valence-corrected chi connectivity index (χ2v) is 7.72. The minimum Gasteiger partial charge on any atom is -0.369 e. The molecule has 30 heavy (non-hydrogen) atoms. The van der Waals surface area contributed by atoms with Crippen LogP contribution in [0.15, 0.2) is 36.8 Å². The van der Waals surface area contributed by atoms with E-state index in [0.717, 1.165) is 60.4 Å². The summed E-state index contributed by atoms with van der Waals surface area (Å²) in [4.78, 5) is 33.0.